The molecule has 0 atom stereocenters. The maximum absolute atomic E-state index is 13.2. The molecule has 1 aliphatic rings. The fourth-order valence-corrected chi connectivity index (χ4v) is 4.61. The van der Waals surface area contributed by atoms with Crippen molar-refractivity contribution in [3.63, 3.8) is 0 Å². The average molecular weight is 422 g/mol. The number of nitrogens with zero attached hydrogens (tertiary/aromatic N) is 2. The van der Waals surface area contributed by atoms with Crippen molar-refractivity contribution in [2.75, 3.05) is 26.0 Å². The van der Waals surface area contributed by atoms with E-state index in [0.29, 0.717) is 27.9 Å². The molecule has 1 aliphatic heterocycles. The molecular weight excluding hydrogens is 398 g/mol. The summed E-state index contributed by atoms with van der Waals surface area (Å²) in [5.41, 5.74) is 3.89. The largest absolute Gasteiger partial charge is 0.508 e. The molecule has 0 spiro atoms. The summed E-state index contributed by atoms with van der Waals surface area (Å²) in [5.74, 6) is -0.0146. The lowest BCUT2D eigenvalue weighted by Gasteiger charge is -2.10. The van der Waals surface area contributed by atoms with Crippen LogP contribution in [0.15, 0.2) is 47.3 Å². The first-order chi connectivity index (χ1) is 14.3. The van der Waals surface area contributed by atoms with Gasteiger partial charge in [0.15, 0.2) is 0 Å². The van der Waals surface area contributed by atoms with Gasteiger partial charge in [-0.25, -0.2) is 0 Å². The summed E-state index contributed by atoms with van der Waals surface area (Å²) in [4.78, 5) is 28.1. The summed E-state index contributed by atoms with van der Waals surface area (Å²) < 4.78 is 2.91. The van der Waals surface area contributed by atoms with Crippen LogP contribution in [-0.2, 0) is 11.3 Å². The number of aryl methyl sites for hydroxylation is 1. The van der Waals surface area contributed by atoms with Crippen LogP contribution in [-0.4, -0.2) is 41.1 Å². The van der Waals surface area contributed by atoms with Gasteiger partial charge in [-0.2, -0.15) is 0 Å². The number of hydrogen-bond acceptors (Lipinski definition) is 5. The molecule has 2 N–H and O–H groups in total. The number of phenols is 1. The second kappa shape index (κ2) is 7.93. The first-order valence-electron chi connectivity index (χ1n) is 9.65. The number of benzene rings is 2. The molecule has 0 aliphatic carbocycles. The quantitative estimate of drug-likeness (QED) is 0.669. The first-order valence-corrected chi connectivity index (χ1v) is 10.5. The topological polar surface area (TPSA) is 74.6 Å². The van der Waals surface area contributed by atoms with E-state index in [1.165, 1.54) is 11.3 Å². The predicted molar refractivity (Wildman–Crippen MR) is 120 cm³/mol. The van der Waals surface area contributed by atoms with Crippen LogP contribution >= 0.6 is 11.3 Å². The Labute approximate surface area is 178 Å². The van der Waals surface area contributed by atoms with Crippen molar-refractivity contribution in [2.24, 2.45) is 0 Å². The van der Waals surface area contributed by atoms with Gasteiger partial charge in [0, 0.05) is 24.3 Å². The minimum absolute atomic E-state index is 0.119. The Morgan fingerprint density at radius 3 is 2.57 bits per heavy atom. The molecule has 2 aromatic carbocycles. The molecule has 1 aromatic heterocycles. The van der Waals surface area contributed by atoms with Gasteiger partial charge >= 0.3 is 0 Å². The first kappa shape index (κ1) is 20.1. The van der Waals surface area contributed by atoms with Gasteiger partial charge in [-0.1, -0.05) is 23.8 Å². The monoisotopic (exact) mass is 421 g/mol. The van der Waals surface area contributed by atoms with Crippen molar-refractivity contribution in [1.29, 1.82) is 0 Å². The lowest BCUT2D eigenvalue weighted by Crippen LogP contribution is -2.36. The molecule has 30 heavy (non-hydrogen) atoms. The smallest absolute Gasteiger partial charge is 0.269 e. The number of amides is 1. The van der Waals surface area contributed by atoms with Crippen LogP contribution in [0.3, 0.4) is 0 Å². The van der Waals surface area contributed by atoms with Crippen molar-refractivity contribution in [1.82, 2.24) is 9.47 Å². The van der Waals surface area contributed by atoms with E-state index < -0.39 is 0 Å². The van der Waals surface area contributed by atoms with E-state index in [-0.39, 0.29) is 17.2 Å². The summed E-state index contributed by atoms with van der Waals surface area (Å²) in [5, 5.41) is 12.4. The summed E-state index contributed by atoms with van der Waals surface area (Å²) in [6.07, 6.45) is 1.80. The van der Waals surface area contributed by atoms with Gasteiger partial charge < -0.3 is 15.3 Å². The zero-order chi connectivity index (χ0) is 21.4. The van der Waals surface area contributed by atoms with Crippen molar-refractivity contribution < 1.29 is 9.90 Å². The zero-order valence-corrected chi connectivity index (χ0v) is 17.9. The molecule has 0 bridgehead atoms. The maximum atomic E-state index is 13.2. The highest BCUT2D eigenvalue weighted by atomic mass is 32.1. The summed E-state index contributed by atoms with van der Waals surface area (Å²) in [6, 6.07) is 12.5. The number of likely N-dealkylation sites (N-methyl/N-ethyl adjacent to an activating group) is 1. The minimum Gasteiger partial charge on any atom is -0.508 e. The average Bonchev–Trinajstić information content (AvgIpc) is 3.17. The number of carbonyl (C=O) groups is 1. The van der Waals surface area contributed by atoms with Crippen LogP contribution in [0.25, 0.3) is 11.6 Å². The zero-order valence-electron chi connectivity index (χ0n) is 17.1. The van der Waals surface area contributed by atoms with Gasteiger partial charge in [-0.3, -0.25) is 14.2 Å². The lowest BCUT2D eigenvalue weighted by atomic mass is 10.1. The standard InChI is InChI=1S/C23H23N3O3S/c1-14-4-9-18-17(12-14)20(21(28)24-18)23-26(11-10-25(2)3)22(29)19(30-23)13-15-5-7-16(27)8-6-15/h4-9,12-13,27H,10-11H2,1-3H3,(H,24,28)/b19-13+,23-20+. The van der Waals surface area contributed by atoms with Gasteiger partial charge in [0.1, 0.15) is 10.4 Å². The Morgan fingerprint density at radius 1 is 1.13 bits per heavy atom. The van der Waals surface area contributed by atoms with Crippen LogP contribution in [0.4, 0.5) is 5.69 Å². The number of aromatic nitrogens is 1. The van der Waals surface area contributed by atoms with Gasteiger partial charge in [0.25, 0.3) is 11.5 Å². The number of thiazole rings is 1. The number of hydrogen-bond donors (Lipinski definition) is 2. The number of nitrogens with one attached hydrogen (secondary N) is 1. The van der Waals surface area contributed by atoms with Gasteiger partial charge in [0.05, 0.1) is 10.1 Å². The molecule has 0 unspecified atom stereocenters. The molecular formula is C23H23N3O3S. The Hall–Kier alpha value is -3.16. The highest BCUT2D eigenvalue weighted by molar-refractivity contribution is 7.07. The number of fused-ring (bicyclic) bond motifs is 1. The number of rotatable bonds is 4. The highest BCUT2D eigenvalue weighted by Gasteiger charge is 2.27. The van der Waals surface area contributed by atoms with Crippen LogP contribution in [0.1, 0.15) is 16.7 Å². The third kappa shape index (κ3) is 3.81. The summed E-state index contributed by atoms with van der Waals surface area (Å²) >= 11 is 1.32. The minimum atomic E-state index is -0.188. The maximum Gasteiger partial charge on any atom is 0.269 e. The van der Waals surface area contributed by atoms with E-state index in [1.807, 2.05) is 44.1 Å². The van der Waals surface area contributed by atoms with E-state index in [4.69, 9.17) is 0 Å². The van der Waals surface area contributed by atoms with E-state index >= 15 is 0 Å². The van der Waals surface area contributed by atoms with Gasteiger partial charge in [-0.15, -0.1) is 11.3 Å². The molecule has 2 heterocycles. The second-order valence-corrected chi connectivity index (χ2v) is 8.68. The molecule has 0 fully saturated rings. The number of anilines is 1. The van der Waals surface area contributed by atoms with E-state index in [1.54, 1.807) is 34.9 Å². The molecule has 0 saturated carbocycles. The normalized spacial score (nSPS) is 15.6. The fourth-order valence-electron chi connectivity index (χ4n) is 3.42. The van der Waals surface area contributed by atoms with E-state index in [2.05, 4.69) is 5.32 Å². The third-order valence-corrected chi connectivity index (χ3v) is 6.13. The molecule has 4 rings (SSSR count). The number of carbonyl (C=O) groups excluding carboxylic acids is 1. The SMILES string of the molecule is Cc1ccc2c(c1)/C(=c1\s/c(=C/c3ccc(O)cc3)c(=O)n1CCN(C)C)C(=O)N2. The van der Waals surface area contributed by atoms with E-state index in [0.717, 1.165) is 22.4 Å². The number of aromatic hydroxyl groups is 1. The van der Waals surface area contributed by atoms with Crippen molar-refractivity contribution in [3.05, 3.63) is 78.7 Å². The summed E-state index contributed by atoms with van der Waals surface area (Å²) in [7, 11) is 3.91. The van der Waals surface area contributed by atoms with Gasteiger partial charge in [0.2, 0.25) is 0 Å². The van der Waals surface area contributed by atoms with Crippen LogP contribution in [0.5, 0.6) is 5.75 Å². The molecule has 154 valence electrons. The van der Waals surface area contributed by atoms with E-state index in [9.17, 15) is 14.7 Å². The lowest BCUT2D eigenvalue weighted by molar-refractivity contribution is -0.110. The number of phenolic OH excluding ortho intramolecular Hbond substituents is 1. The third-order valence-electron chi connectivity index (χ3n) is 5.00. The molecule has 3 aromatic rings. The summed E-state index contributed by atoms with van der Waals surface area (Å²) in [6.45, 7) is 3.15. The van der Waals surface area contributed by atoms with Crippen LogP contribution < -0.4 is 20.1 Å². The van der Waals surface area contributed by atoms with Crippen molar-refractivity contribution in [3.8, 4) is 5.75 Å². The molecule has 0 saturated heterocycles. The Bertz CT molecular complexity index is 1300. The fraction of sp³-hybridized carbons (Fsp3) is 0.217. The predicted octanol–water partition coefficient (Wildman–Crippen LogP) is 1.47. The highest BCUT2D eigenvalue weighted by Crippen LogP contribution is 2.30. The Kier molecular flexibility index (Phi) is 5.32. The van der Waals surface area contributed by atoms with Crippen LogP contribution in [0, 0.1) is 6.92 Å². The van der Waals surface area contributed by atoms with Crippen molar-refractivity contribution >= 4 is 34.6 Å². The Morgan fingerprint density at radius 2 is 1.87 bits per heavy atom. The Balaban J connectivity index is 1.99. The molecule has 1 amide bonds. The van der Waals surface area contributed by atoms with Crippen LogP contribution in [0.2, 0.25) is 0 Å². The molecule has 7 heteroatoms. The van der Waals surface area contributed by atoms with Gasteiger partial charge in [-0.05, 0) is 56.9 Å². The van der Waals surface area contributed by atoms with Crippen molar-refractivity contribution in [2.45, 2.75) is 13.5 Å². The second-order valence-electron chi connectivity index (χ2n) is 7.65. The molecule has 0 radical (unpaired) electrons. The molecule has 6 nitrogen and oxygen atoms in total.